The number of ether oxygens (including phenoxy) is 1. The van der Waals surface area contributed by atoms with Crippen LogP contribution >= 0.6 is 0 Å². The van der Waals surface area contributed by atoms with Crippen molar-refractivity contribution in [3.8, 4) is 0 Å². The summed E-state index contributed by atoms with van der Waals surface area (Å²) >= 11 is 0. The molecule has 1 heterocycles. The van der Waals surface area contributed by atoms with E-state index < -0.39 is 18.0 Å². The highest BCUT2D eigenvalue weighted by atomic mass is 16.5. The van der Waals surface area contributed by atoms with Gasteiger partial charge in [0.2, 0.25) is 11.8 Å². The zero-order chi connectivity index (χ0) is 32.0. The maximum Gasteiger partial charge on any atom is 0.312 e. The lowest BCUT2D eigenvalue weighted by atomic mass is 10.0. The van der Waals surface area contributed by atoms with Gasteiger partial charge in [0.1, 0.15) is 6.61 Å². The van der Waals surface area contributed by atoms with Crippen molar-refractivity contribution in [1.29, 1.82) is 0 Å². The summed E-state index contributed by atoms with van der Waals surface area (Å²) in [5.74, 6) is -1.52. The van der Waals surface area contributed by atoms with Gasteiger partial charge in [0.15, 0.2) is 0 Å². The second kappa shape index (κ2) is 18.0. The second-order valence-corrected chi connectivity index (χ2v) is 11.2. The number of nitrogens with two attached hydrogens (primary N) is 2. The van der Waals surface area contributed by atoms with Crippen LogP contribution in [-0.2, 0) is 25.7 Å². The normalized spacial score (nSPS) is 13.5. The molecule has 2 rings (SSSR count). The van der Waals surface area contributed by atoms with Crippen molar-refractivity contribution in [1.82, 2.24) is 20.9 Å². The van der Waals surface area contributed by atoms with Crippen LogP contribution in [0.3, 0.4) is 0 Å². The number of carbonyl (C=O) groups is 5. The van der Waals surface area contributed by atoms with Gasteiger partial charge < -0.3 is 42.4 Å². The average molecular weight is 592 g/mol. The fourth-order valence-corrected chi connectivity index (χ4v) is 3.80. The number of nitrogens with one attached hydrogen (secondary N) is 4. The number of esters is 1. The van der Waals surface area contributed by atoms with E-state index >= 15 is 0 Å². The smallest absolute Gasteiger partial charge is 0.312 e. The molecule has 0 aromatic heterocycles. The molecule has 0 radical (unpaired) electrons. The third-order valence-electron chi connectivity index (χ3n) is 6.10. The predicted molar refractivity (Wildman–Crippen MR) is 161 cm³/mol. The molecule has 1 aromatic carbocycles. The minimum absolute atomic E-state index is 0.0539. The Bertz CT molecular complexity index is 1070. The van der Waals surface area contributed by atoms with Crippen LogP contribution in [0.4, 0.5) is 10.5 Å². The van der Waals surface area contributed by atoms with Crippen molar-refractivity contribution in [3.05, 3.63) is 29.3 Å². The number of likely N-dealkylation sites (tertiary alicyclic amines) is 1. The number of carbonyl (C=O) groups excluding carboxylic acids is 5. The molecule has 1 unspecified atom stereocenters. The van der Waals surface area contributed by atoms with Crippen molar-refractivity contribution in [3.63, 3.8) is 0 Å². The quantitative estimate of drug-likeness (QED) is 0.185. The molecule has 0 saturated carbocycles. The van der Waals surface area contributed by atoms with E-state index in [1.165, 1.54) is 0 Å². The first-order chi connectivity index (χ1) is 19.7. The molecule has 0 bridgehead atoms. The molecule has 1 saturated heterocycles. The van der Waals surface area contributed by atoms with Crippen molar-refractivity contribution < 1.29 is 28.7 Å². The van der Waals surface area contributed by atoms with Crippen molar-refractivity contribution in [2.45, 2.75) is 79.6 Å². The zero-order valence-electron chi connectivity index (χ0n) is 25.9. The highest BCUT2D eigenvalue weighted by Crippen LogP contribution is 2.22. The maximum atomic E-state index is 13.0. The van der Waals surface area contributed by atoms with E-state index in [-0.39, 0.29) is 54.9 Å². The van der Waals surface area contributed by atoms with Crippen molar-refractivity contribution in [2.24, 2.45) is 23.3 Å². The Labute approximate surface area is 248 Å². The molecule has 1 atom stereocenters. The summed E-state index contributed by atoms with van der Waals surface area (Å²) < 4.78 is 5.31. The number of anilines is 1. The van der Waals surface area contributed by atoms with Crippen LogP contribution in [0.5, 0.6) is 0 Å². The highest BCUT2D eigenvalue weighted by molar-refractivity contribution is 6.00. The van der Waals surface area contributed by atoms with E-state index in [4.69, 9.17) is 16.2 Å². The molecule has 236 valence electrons. The molecule has 1 aliphatic heterocycles. The summed E-state index contributed by atoms with van der Waals surface area (Å²) in [6.07, 6.45) is 0.933. The topological polar surface area (TPSA) is 198 Å². The lowest BCUT2D eigenvalue weighted by Gasteiger charge is -2.37. The van der Waals surface area contributed by atoms with Gasteiger partial charge in [0.05, 0.1) is 18.5 Å². The van der Waals surface area contributed by atoms with Crippen LogP contribution in [-0.4, -0.2) is 78.9 Å². The van der Waals surface area contributed by atoms with Gasteiger partial charge in [-0.3, -0.25) is 19.2 Å². The number of hydrogen-bond acceptors (Lipinski definition) is 8. The largest absolute Gasteiger partial charge is 0.461 e. The molecule has 1 aromatic rings. The zero-order valence-corrected chi connectivity index (χ0v) is 25.9. The number of benzene rings is 1. The molecule has 5 amide bonds. The third-order valence-corrected chi connectivity index (χ3v) is 6.10. The monoisotopic (exact) mass is 591 g/mol. The van der Waals surface area contributed by atoms with Gasteiger partial charge in [0.25, 0.3) is 5.91 Å². The Morgan fingerprint density at radius 3 is 2.14 bits per heavy atom. The van der Waals surface area contributed by atoms with E-state index in [1.807, 2.05) is 34.6 Å². The van der Waals surface area contributed by atoms with Crippen LogP contribution < -0.4 is 32.7 Å². The van der Waals surface area contributed by atoms with Crippen molar-refractivity contribution in [2.75, 3.05) is 31.5 Å². The molecule has 0 aliphatic carbocycles. The van der Waals surface area contributed by atoms with E-state index in [0.29, 0.717) is 36.4 Å². The Balaban J connectivity index is 0.00000112. The molecule has 13 heteroatoms. The van der Waals surface area contributed by atoms with Gasteiger partial charge in [-0.2, -0.15) is 0 Å². The molecule has 42 heavy (non-hydrogen) atoms. The first-order valence-corrected chi connectivity index (χ1v) is 14.4. The summed E-state index contributed by atoms with van der Waals surface area (Å²) in [5.41, 5.74) is 11.8. The first-order valence-electron chi connectivity index (χ1n) is 14.4. The van der Waals surface area contributed by atoms with Crippen LogP contribution in [0.1, 0.15) is 70.8 Å². The van der Waals surface area contributed by atoms with E-state index in [9.17, 15) is 24.0 Å². The Morgan fingerprint density at radius 2 is 1.67 bits per heavy atom. The summed E-state index contributed by atoms with van der Waals surface area (Å²) in [7, 11) is 0. The Hall–Kier alpha value is -3.71. The second-order valence-electron chi connectivity index (χ2n) is 11.2. The first kappa shape index (κ1) is 36.3. The van der Waals surface area contributed by atoms with Gasteiger partial charge in [-0.25, -0.2) is 4.79 Å². The number of primary amides is 1. The number of rotatable bonds is 13. The molecule has 0 spiro atoms. The standard InChI is InChI=1S/C25H39N5O5.C4H10N2O/c1-14(2)22(28-16(5)6)23(32)27-10-21(31)29-19-8-7-17(13-35-25(34)15(3)4)20(9-19)24(33)30-11-18(26)12-30;1-2-3-6-4(5)7/h7-9,14-16,18,22,28H,10-13,26H2,1-6H3,(H,27,32)(H,29,31);2-3H2,1H3,(H3,5,6,7). The third kappa shape index (κ3) is 12.9. The summed E-state index contributed by atoms with van der Waals surface area (Å²) in [6, 6.07) is 4.04. The molecule has 8 N–H and O–H groups in total. The van der Waals surface area contributed by atoms with Crippen LogP contribution in [0.15, 0.2) is 18.2 Å². The maximum absolute atomic E-state index is 13.0. The number of amides is 5. The van der Waals surface area contributed by atoms with E-state index in [0.717, 1.165) is 6.42 Å². The van der Waals surface area contributed by atoms with Gasteiger partial charge >= 0.3 is 12.0 Å². The molecular formula is C29H49N7O6. The Kier molecular flexibility index (Phi) is 15.5. The van der Waals surface area contributed by atoms with Gasteiger partial charge in [-0.1, -0.05) is 54.5 Å². The fourth-order valence-electron chi connectivity index (χ4n) is 3.80. The van der Waals surface area contributed by atoms with Crippen molar-refractivity contribution >= 4 is 35.4 Å². The highest BCUT2D eigenvalue weighted by Gasteiger charge is 2.30. The molecule has 1 aliphatic rings. The molecular weight excluding hydrogens is 542 g/mol. The minimum atomic E-state index is -0.443. The fraction of sp³-hybridized carbons (Fsp3) is 0.621. The number of hydrogen-bond donors (Lipinski definition) is 6. The van der Waals surface area contributed by atoms with Gasteiger partial charge in [-0.05, 0) is 24.5 Å². The van der Waals surface area contributed by atoms with Crippen LogP contribution in [0.25, 0.3) is 0 Å². The Morgan fingerprint density at radius 1 is 1.02 bits per heavy atom. The van der Waals surface area contributed by atoms with Gasteiger partial charge in [-0.15, -0.1) is 0 Å². The molecule has 13 nitrogen and oxygen atoms in total. The van der Waals surface area contributed by atoms with Crippen LogP contribution in [0.2, 0.25) is 0 Å². The number of urea groups is 1. The summed E-state index contributed by atoms with van der Waals surface area (Å²) in [5, 5.41) is 11.0. The summed E-state index contributed by atoms with van der Waals surface area (Å²) in [4.78, 5) is 61.4. The lowest BCUT2D eigenvalue weighted by Crippen LogP contribution is -2.57. The van der Waals surface area contributed by atoms with Gasteiger partial charge in [0, 0.05) is 48.5 Å². The average Bonchev–Trinajstić information content (AvgIpc) is 2.90. The summed E-state index contributed by atoms with van der Waals surface area (Å²) in [6.45, 7) is 14.5. The number of nitrogens with zero attached hydrogens (tertiary/aromatic N) is 1. The van der Waals surface area contributed by atoms with Crippen LogP contribution in [0, 0.1) is 11.8 Å². The lowest BCUT2D eigenvalue weighted by molar-refractivity contribution is -0.148. The SMILES string of the molecule is CC(C)NC(C(=O)NCC(=O)Nc1ccc(COC(=O)C(C)C)c(C(=O)N2CC(N)C2)c1)C(C)C.CCCNC(N)=O. The minimum Gasteiger partial charge on any atom is -0.461 e. The van der Waals surface area contributed by atoms with E-state index in [2.05, 4.69) is 21.3 Å². The predicted octanol–water partition coefficient (Wildman–Crippen LogP) is 1.31. The van der Waals surface area contributed by atoms with E-state index in [1.54, 1.807) is 36.9 Å². The molecule has 1 fully saturated rings.